The molecule has 0 atom stereocenters. The van der Waals surface area contributed by atoms with Crippen LogP contribution in [-0.4, -0.2) is 64.6 Å². The molecule has 1 saturated heterocycles. The Balaban J connectivity index is 1.44. The summed E-state index contributed by atoms with van der Waals surface area (Å²) >= 11 is 0. The van der Waals surface area contributed by atoms with Crippen LogP contribution in [-0.2, 0) is 0 Å². The summed E-state index contributed by atoms with van der Waals surface area (Å²) in [4.78, 5) is 9.28. The van der Waals surface area contributed by atoms with E-state index in [1.807, 2.05) is 28.9 Å². The molecule has 3 heterocycles. The fraction of sp³-hybridized carbons (Fsp3) is 0.562. The monoisotopic (exact) mass is 288 g/mol. The topological polar surface area (TPSA) is 33.0 Å². The van der Waals surface area contributed by atoms with Crippen molar-refractivity contribution in [3.63, 3.8) is 0 Å². The lowest BCUT2D eigenvalue weighted by Crippen LogP contribution is -2.49. The molecule has 114 valence electrons. The first-order valence-corrected chi connectivity index (χ1v) is 7.74. The van der Waals surface area contributed by atoms with Gasteiger partial charge in [-0.15, -0.1) is 0 Å². The fourth-order valence-electron chi connectivity index (χ4n) is 2.78. The number of nitrogens with zero attached hydrogens (tertiary/aromatic N) is 4. The van der Waals surface area contributed by atoms with Crippen molar-refractivity contribution in [2.75, 3.05) is 39.3 Å². The highest BCUT2D eigenvalue weighted by molar-refractivity contribution is 5.43. The second-order valence-corrected chi connectivity index (χ2v) is 5.87. The van der Waals surface area contributed by atoms with E-state index in [-0.39, 0.29) is 0 Å². The van der Waals surface area contributed by atoms with Gasteiger partial charge in [-0.1, -0.05) is 0 Å². The first-order valence-electron chi connectivity index (χ1n) is 7.74. The van der Waals surface area contributed by atoms with Crippen molar-refractivity contribution in [2.24, 2.45) is 0 Å². The summed E-state index contributed by atoms with van der Waals surface area (Å²) in [6.07, 6.45) is 5.72. The molecule has 2 aromatic heterocycles. The molecule has 1 fully saturated rings. The zero-order valence-corrected chi connectivity index (χ0v) is 12.9. The highest BCUT2D eigenvalue weighted by atomic mass is 16.5. The molecule has 5 nitrogen and oxygen atoms in total. The van der Waals surface area contributed by atoms with Gasteiger partial charge in [0.05, 0.1) is 0 Å². The van der Waals surface area contributed by atoms with Gasteiger partial charge in [0.25, 0.3) is 0 Å². The number of imidazole rings is 1. The molecule has 0 bridgehead atoms. The normalized spacial score (nSPS) is 17.7. The van der Waals surface area contributed by atoms with Crippen LogP contribution in [0.3, 0.4) is 0 Å². The van der Waals surface area contributed by atoms with E-state index in [0.717, 1.165) is 50.7 Å². The summed E-state index contributed by atoms with van der Waals surface area (Å²) in [5, 5.41) is 0. The number of piperazine rings is 1. The Bertz CT molecular complexity index is 572. The summed E-state index contributed by atoms with van der Waals surface area (Å²) in [7, 11) is 0. The second-order valence-electron chi connectivity index (χ2n) is 5.87. The van der Waals surface area contributed by atoms with Crippen molar-refractivity contribution in [2.45, 2.75) is 19.9 Å². The first kappa shape index (κ1) is 14.4. The van der Waals surface area contributed by atoms with Gasteiger partial charge < -0.3 is 9.14 Å². The molecule has 0 unspecified atom stereocenters. The van der Waals surface area contributed by atoms with Gasteiger partial charge in [0, 0.05) is 63.4 Å². The Morgan fingerprint density at radius 1 is 1.19 bits per heavy atom. The number of hydrogen-bond donors (Lipinski definition) is 0. The third-order valence-electron chi connectivity index (χ3n) is 4.18. The predicted molar refractivity (Wildman–Crippen MR) is 83.8 cm³/mol. The fourth-order valence-corrected chi connectivity index (χ4v) is 2.78. The molecular weight excluding hydrogens is 264 g/mol. The van der Waals surface area contributed by atoms with E-state index in [1.165, 1.54) is 0 Å². The van der Waals surface area contributed by atoms with Gasteiger partial charge in [0.2, 0.25) is 0 Å². The molecule has 0 N–H and O–H groups in total. The maximum absolute atomic E-state index is 5.85. The first-order chi connectivity index (χ1) is 10.2. The summed E-state index contributed by atoms with van der Waals surface area (Å²) in [5.74, 6) is 0.898. The van der Waals surface area contributed by atoms with E-state index >= 15 is 0 Å². The zero-order valence-electron chi connectivity index (χ0n) is 12.9. The molecule has 5 heteroatoms. The van der Waals surface area contributed by atoms with Crippen LogP contribution < -0.4 is 4.74 Å². The summed E-state index contributed by atoms with van der Waals surface area (Å²) in [6.45, 7) is 10.9. The van der Waals surface area contributed by atoms with E-state index in [1.54, 1.807) is 6.20 Å². The molecule has 0 aliphatic carbocycles. The Morgan fingerprint density at radius 3 is 2.76 bits per heavy atom. The number of aromatic nitrogens is 2. The van der Waals surface area contributed by atoms with Crippen molar-refractivity contribution in [3.05, 3.63) is 30.7 Å². The minimum absolute atomic E-state index is 0.657. The predicted octanol–water partition coefficient (Wildman–Crippen LogP) is 1.74. The number of ether oxygens (including phenoxy) is 1. The second kappa shape index (κ2) is 6.45. The van der Waals surface area contributed by atoms with Crippen molar-refractivity contribution < 1.29 is 4.74 Å². The molecule has 0 saturated carbocycles. The molecule has 0 radical (unpaired) electrons. The summed E-state index contributed by atoms with van der Waals surface area (Å²) in [6, 6.07) is 4.63. The van der Waals surface area contributed by atoms with Crippen LogP contribution in [0.15, 0.2) is 30.7 Å². The quantitative estimate of drug-likeness (QED) is 0.839. The van der Waals surface area contributed by atoms with Crippen LogP contribution >= 0.6 is 0 Å². The molecule has 0 aromatic carbocycles. The average molecular weight is 288 g/mol. The molecule has 0 spiro atoms. The van der Waals surface area contributed by atoms with Gasteiger partial charge in [0.15, 0.2) is 0 Å². The average Bonchev–Trinajstić information content (AvgIpc) is 2.95. The van der Waals surface area contributed by atoms with Gasteiger partial charge >= 0.3 is 0 Å². The van der Waals surface area contributed by atoms with Gasteiger partial charge in [-0.25, -0.2) is 4.98 Å². The van der Waals surface area contributed by atoms with Crippen molar-refractivity contribution in [1.29, 1.82) is 0 Å². The highest BCUT2D eigenvalue weighted by Crippen LogP contribution is 2.13. The highest BCUT2D eigenvalue weighted by Gasteiger charge is 2.18. The van der Waals surface area contributed by atoms with Crippen molar-refractivity contribution in [1.82, 2.24) is 19.2 Å². The molecule has 1 aliphatic rings. The van der Waals surface area contributed by atoms with Crippen LogP contribution in [0.25, 0.3) is 5.65 Å². The van der Waals surface area contributed by atoms with Gasteiger partial charge in [-0.3, -0.25) is 9.80 Å². The molecule has 3 rings (SSSR count). The van der Waals surface area contributed by atoms with Gasteiger partial charge in [0.1, 0.15) is 18.0 Å². The van der Waals surface area contributed by atoms with E-state index < -0.39 is 0 Å². The summed E-state index contributed by atoms with van der Waals surface area (Å²) in [5.41, 5.74) is 0.929. The van der Waals surface area contributed by atoms with E-state index in [0.29, 0.717) is 6.04 Å². The SMILES string of the molecule is CC(C)N1CCN(CCOc2ccn3ccnc3c2)CC1. The van der Waals surface area contributed by atoms with Crippen LogP contribution in [0.1, 0.15) is 13.8 Å². The maximum atomic E-state index is 5.85. The molecule has 21 heavy (non-hydrogen) atoms. The molecular formula is C16H24N4O. The minimum atomic E-state index is 0.657. The smallest absolute Gasteiger partial charge is 0.140 e. The minimum Gasteiger partial charge on any atom is -0.492 e. The lowest BCUT2D eigenvalue weighted by Gasteiger charge is -2.36. The standard InChI is InChI=1S/C16H24N4O/c1-14(2)19-9-7-18(8-10-19)11-12-21-15-3-5-20-6-4-17-16(20)13-15/h3-6,13-14H,7-12H2,1-2H3. The third kappa shape index (κ3) is 3.54. The van der Waals surface area contributed by atoms with Crippen LogP contribution in [0.4, 0.5) is 0 Å². The van der Waals surface area contributed by atoms with Crippen LogP contribution in [0.5, 0.6) is 5.75 Å². The largest absolute Gasteiger partial charge is 0.492 e. The maximum Gasteiger partial charge on any atom is 0.140 e. The van der Waals surface area contributed by atoms with Crippen LogP contribution in [0.2, 0.25) is 0 Å². The Labute approximate surface area is 126 Å². The van der Waals surface area contributed by atoms with Crippen molar-refractivity contribution >= 4 is 5.65 Å². The van der Waals surface area contributed by atoms with Crippen LogP contribution in [0, 0.1) is 0 Å². The lowest BCUT2D eigenvalue weighted by atomic mass is 10.2. The Hall–Kier alpha value is -1.59. The zero-order chi connectivity index (χ0) is 14.7. The molecule has 0 amide bonds. The number of pyridine rings is 1. The Kier molecular flexibility index (Phi) is 4.41. The molecule has 1 aliphatic heterocycles. The van der Waals surface area contributed by atoms with E-state index in [9.17, 15) is 0 Å². The van der Waals surface area contributed by atoms with Crippen molar-refractivity contribution in [3.8, 4) is 5.75 Å². The number of fused-ring (bicyclic) bond motifs is 1. The Morgan fingerprint density at radius 2 is 2.00 bits per heavy atom. The lowest BCUT2D eigenvalue weighted by molar-refractivity contribution is 0.0971. The molecule has 2 aromatic rings. The van der Waals surface area contributed by atoms with Gasteiger partial charge in [-0.2, -0.15) is 0 Å². The number of hydrogen-bond acceptors (Lipinski definition) is 4. The van der Waals surface area contributed by atoms with E-state index in [2.05, 4.69) is 28.6 Å². The number of rotatable bonds is 5. The summed E-state index contributed by atoms with van der Waals surface area (Å²) < 4.78 is 7.84. The van der Waals surface area contributed by atoms with Gasteiger partial charge in [-0.05, 0) is 19.9 Å². The van der Waals surface area contributed by atoms with E-state index in [4.69, 9.17) is 4.74 Å². The third-order valence-corrected chi connectivity index (χ3v) is 4.18.